The van der Waals surface area contributed by atoms with E-state index in [9.17, 15) is 24.0 Å². The lowest BCUT2D eigenvalue weighted by molar-refractivity contribution is -0.136. The topological polar surface area (TPSA) is 113 Å². The number of hydrogen-bond donors (Lipinski definition) is 1. The summed E-state index contributed by atoms with van der Waals surface area (Å²) in [7, 11) is 0. The van der Waals surface area contributed by atoms with Crippen LogP contribution in [0.25, 0.3) is 0 Å². The molecule has 186 valence electrons. The van der Waals surface area contributed by atoms with Gasteiger partial charge in [0, 0.05) is 19.5 Å². The van der Waals surface area contributed by atoms with Crippen molar-refractivity contribution in [2.45, 2.75) is 63.8 Å². The molecular formula is C26H31N3O6. The molecule has 1 aromatic carbocycles. The van der Waals surface area contributed by atoms with E-state index in [1.807, 2.05) is 4.90 Å². The second-order valence-corrected chi connectivity index (χ2v) is 10.0. The second-order valence-electron chi connectivity index (χ2n) is 10.0. The molecule has 1 aliphatic carbocycles. The Kier molecular flexibility index (Phi) is 6.58. The van der Waals surface area contributed by atoms with E-state index in [1.165, 1.54) is 38.2 Å². The summed E-state index contributed by atoms with van der Waals surface area (Å²) >= 11 is 0. The van der Waals surface area contributed by atoms with Crippen LogP contribution in [-0.4, -0.2) is 65.1 Å². The Bertz CT molecular complexity index is 1060. The maximum absolute atomic E-state index is 13.2. The van der Waals surface area contributed by atoms with Gasteiger partial charge in [0.05, 0.1) is 11.1 Å². The van der Waals surface area contributed by atoms with E-state index in [-0.39, 0.29) is 42.2 Å². The monoisotopic (exact) mass is 481 g/mol. The smallest absolute Gasteiger partial charge is 0.266 e. The number of hydrogen-bond acceptors (Lipinski definition) is 6. The largest absolute Gasteiger partial charge is 0.483 e. The lowest BCUT2D eigenvalue weighted by atomic mass is 9.76. The van der Waals surface area contributed by atoms with E-state index < -0.39 is 29.7 Å². The number of likely N-dealkylation sites (tertiary alicyclic amines) is 1. The first-order chi connectivity index (χ1) is 16.9. The van der Waals surface area contributed by atoms with Crippen molar-refractivity contribution in [2.24, 2.45) is 11.8 Å². The van der Waals surface area contributed by atoms with E-state index >= 15 is 0 Å². The zero-order valence-corrected chi connectivity index (χ0v) is 19.8. The maximum atomic E-state index is 13.2. The fourth-order valence-corrected chi connectivity index (χ4v) is 6.06. The predicted molar refractivity (Wildman–Crippen MR) is 124 cm³/mol. The summed E-state index contributed by atoms with van der Waals surface area (Å²) in [6.07, 6.45) is 8.78. The van der Waals surface area contributed by atoms with Crippen molar-refractivity contribution in [3.63, 3.8) is 0 Å². The van der Waals surface area contributed by atoms with E-state index in [0.717, 1.165) is 36.7 Å². The van der Waals surface area contributed by atoms with E-state index in [0.29, 0.717) is 5.92 Å². The molecule has 3 heterocycles. The van der Waals surface area contributed by atoms with Crippen LogP contribution >= 0.6 is 0 Å². The average Bonchev–Trinajstić information content (AvgIpc) is 3.13. The maximum Gasteiger partial charge on any atom is 0.266 e. The van der Waals surface area contributed by atoms with Gasteiger partial charge in [0.2, 0.25) is 11.8 Å². The third-order valence-corrected chi connectivity index (χ3v) is 7.99. The highest BCUT2D eigenvalue weighted by Crippen LogP contribution is 2.36. The van der Waals surface area contributed by atoms with Crippen LogP contribution < -0.4 is 10.1 Å². The Hall–Kier alpha value is -3.23. The summed E-state index contributed by atoms with van der Waals surface area (Å²) in [6, 6.07) is 3.61. The molecular weight excluding hydrogens is 450 g/mol. The fourth-order valence-electron chi connectivity index (χ4n) is 6.06. The number of carbonyl (C=O) groups excluding carboxylic acids is 5. The number of amides is 5. The molecule has 2 saturated heterocycles. The number of nitrogens with zero attached hydrogens (tertiary/aromatic N) is 2. The Balaban J connectivity index is 1.21. The molecule has 1 N–H and O–H groups in total. The van der Waals surface area contributed by atoms with Crippen LogP contribution in [0.5, 0.6) is 5.75 Å². The quantitative estimate of drug-likeness (QED) is 0.646. The van der Waals surface area contributed by atoms with Gasteiger partial charge in [0.15, 0.2) is 6.61 Å². The van der Waals surface area contributed by atoms with Gasteiger partial charge in [0.1, 0.15) is 11.8 Å². The predicted octanol–water partition coefficient (Wildman–Crippen LogP) is 2.29. The molecule has 1 aromatic rings. The zero-order chi connectivity index (χ0) is 24.5. The number of rotatable bonds is 5. The lowest BCUT2D eigenvalue weighted by Gasteiger charge is -2.37. The second kappa shape index (κ2) is 9.79. The summed E-state index contributed by atoms with van der Waals surface area (Å²) in [5.41, 5.74) is 0.198. The number of piperidine rings is 2. The third kappa shape index (κ3) is 4.56. The van der Waals surface area contributed by atoms with Gasteiger partial charge in [-0.15, -0.1) is 0 Å². The van der Waals surface area contributed by atoms with Gasteiger partial charge in [-0.1, -0.05) is 38.2 Å². The zero-order valence-electron chi connectivity index (χ0n) is 19.8. The van der Waals surface area contributed by atoms with Crippen LogP contribution in [0, 0.1) is 11.8 Å². The van der Waals surface area contributed by atoms with Crippen LogP contribution in [0.3, 0.4) is 0 Å². The highest BCUT2D eigenvalue weighted by Gasteiger charge is 2.46. The van der Waals surface area contributed by atoms with Crippen molar-refractivity contribution in [2.75, 3.05) is 19.7 Å². The number of nitrogens with one attached hydrogen (secondary N) is 1. The Morgan fingerprint density at radius 1 is 0.914 bits per heavy atom. The molecule has 5 rings (SSSR count). The minimum absolute atomic E-state index is 0.0547. The molecule has 0 radical (unpaired) electrons. The highest BCUT2D eigenvalue weighted by molar-refractivity contribution is 6.24. The molecule has 1 unspecified atom stereocenters. The number of benzene rings is 1. The van der Waals surface area contributed by atoms with Gasteiger partial charge in [-0.25, -0.2) is 0 Å². The molecule has 0 spiro atoms. The molecule has 0 aromatic heterocycles. The molecule has 4 aliphatic rings. The van der Waals surface area contributed by atoms with Crippen molar-refractivity contribution < 1.29 is 28.7 Å². The molecule has 35 heavy (non-hydrogen) atoms. The average molecular weight is 482 g/mol. The van der Waals surface area contributed by atoms with Gasteiger partial charge in [0.25, 0.3) is 17.7 Å². The van der Waals surface area contributed by atoms with Crippen molar-refractivity contribution in [1.82, 2.24) is 15.1 Å². The van der Waals surface area contributed by atoms with E-state index in [2.05, 4.69) is 5.32 Å². The molecule has 9 heteroatoms. The Morgan fingerprint density at radius 2 is 1.63 bits per heavy atom. The van der Waals surface area contributed by atoms with E-state index in [4.69, 9.17) is 4.74 Å². The minimum atomic E-state index is -1.04. The van der Waals surface area contributed by atoms with Crippen LogP contribution in [0.15, 0.2) is 18.2 Å². The van der Waals surface area contributed by atoms with Crippen molar-refractivity contribution in [3.05, 3.63) is 29.3 Å². The summed E-state index contributed by atoms with van der Waals surface area (Å²) in [5.74, 6) is -0.820. The minimum Gasteiger partial charge on any atom is -0.483 e. The summed E-state index contributed by atoms with van der Waals surface area (Å²) < 4.78 is 5.76. The Morgan fingerprint density at radius 3 is 2.34 bits per heavy atom. The van der Waals surface area contributed by atoms with Crippen LogP contribution in [0.2, 0.25) is 0 Å². The first kappa shape index (κ1) is 23.5. The fraction of sp³-hybridized carbons (Fsp3) is 0.577. The third-order valence-electron chi connectivity index (χ3n) is 7.99. The Labute approximate surface area is 204 Å². The van der Waals surface area contributed by atoms with Crippen LogP contribution in [-0.2, 0) is 14.4 Å². The number of carbonyl (C=O) groups is 5. The highest BCUT2D eigenvalue weighted by atomic mass is 16.5. The van der Waals surface area contributed by atoms with Gasteiger partial charge in [-0.3, -0.25) is 34.2 Å². The lowest BCUT2D eigenvalue weighted by Crippen LogP contribution is -2.54. The molecule has 9 nitrogen and oxygen atoms in total. The van der Waals surface area contributed by atoms with Gasteiger partial charge >= 0.3 is 0 Å². The number of fused-ring (bicyclic) bond motifs is 1. The van der Waals surface area contributed by atoms with Crippen LogP contribution in [0.1, 0.15) is 78.5 Å². The van der Waals surface area contributed by atoms with Gasteiger partial charge < -0.3 is 9.64 Å². The van der Waals surface area contributed by atoms with Crippen molar-refractivity contribution >= 4 is 29.5 Å². The molecule has 0 bridgehead atoms. The SMILES string of the molecule is O=C1CCC(N2C(=O)c3cccc(OCC(=O)N4CCC(C5CCCCC5)CC4)c3C2=O)C(=O)N1. The number of ether oxygens (including phenoxy) is 1. The molecule has 3 aliphatic heterocycles. The van der Waals surface area contributed by atoms with Crippen molar-refractivity contribution in [1.29, 1.82) is 0 Å². The summed E-state index contributed by atoms with van der Waals surface area (Å²) in [5, 5.41) is 2.18. The van der Waals surface area contributed by atoms with Crippen molar-refractivity contribution in [3.8, 4) is 5.75 Å². The normalized spacial score (nSPS) is 23.9. The molecule has 1 atom stereocenters. The standard InChI is InChI=1S/C26H31N3O6/c30-21-10-9-19(24(32)27-21)29-25(33)18-7-4-8-20(23(18)26(29)34)35-15-22(31)28-13-11-17(12-14-28)16-5-2-1-3-6-16/h4,7-8,16-17,19H,1-3,5-6,9-15H2,(H,27,30,32). The first-order valence-corrected chi connectivity index (χ1v) is 12.7. The first-order valence-electron chi connectivity index (χ1n) is 12.7. The number of imide groups is 2. The molecule has 1 saturated carbocycles. The van der Waals surface area contributed by atoms with Gasteiger partial charge in [-0.05, 0) is 43.2 Å². The molecule has 3 fully saturated rings. The molecule has 5 amide bonds. The van der Waals surface area contributed by atoms with Crippen LogP contribution in [0.4, 0.5) is 0 Å². The van der Waals surface area contributed by atoms with Gasteiger partial charge in [-0.2, -0.15) is 0 Å². The van der Waals surface area contributed by atoms with E-state index in [1.54, 1.807) is 12.1 Å². The summed E-state index contributed by atoms with van der Waals surface area (Å²) in [6.45, 7) is 1.22. The summed E-state index contributed by atoms with van der Waals surface area (Å²) in [4.78, 5) is 65.4.